The third-order valence-electron chi connectivity index (χ3n) is 4.77. The highest BCUT2D eigenvalue weighted by Crippen LogP contribution is 2.14. The minimum Gasteiger partial charge on any atom is -0.381 e. The van der Waals surface area contributed by atoms with Crippen LogP contribution in [0.4, 0.5) is 4.39 Å². The molecule has 1 heterocycles. The number of aliphatic imine (C=N–C) groups is 1. The Hall–Kier alpha value is -2.19. The predicted molar refractivity (Wildman–Crippen MR) is 116 cm³/mol. The SMILES string of the molecule is CCNC(=NCCCOCC1CCOCC1)NCCNC(=O)Cc1ccc(F)cc1. The lowest BCUT2D eigenvalue weighted by atomic mass is 10.0. The highest BCUT2D eigenvalue weighted by atomic mass is 19.1. The predicted octanol–water partition coefficient (Wildman–Crippen LogP) is 1.87. The van der Waals surface area contributed by atoms with Crippen molar-refractivity contribution in [2.24, 2.45) is 10.9 Å². The van der Waals surface area contributed by atoms with Gasteiger partial charge in [0.1, 0.15) is 5.82 Å². The molecule has 1 aromatic rings. The van der Waals surface area contributed by atoms with Crippen LogP contribution in [-0.2, 0) is 20.7 Å². The maximum Gasteiger partial charge on any atom is 0.224 e. The van der Waals surface area contributed by atoms with E-state index in [9.17, 15) is 9.18 Å². The van der Waals surface area contributed by atoms with Gasteiger partial charge >= 0.3 is 0 Å². The molecule has 0 saturated carbocycles. The molecule has 2 rings (SSSR count). The molecule has 0 unspecified atom stereocenters. The Balaban J connectivity index is 1.55. The monoisotopic (exact) mass is 422 g/mol. The van der Waals surface area contributed by atoms with Crippen LogP contribution in [0, 0.1) is 11.7 Å². The van der Waals surface area contributed by atoms with Gasteiger partial charge in [-0.05, 0) is 49.8 Å². The second kappa shape index (κ2) is 14.7. The number of amides is 1. The van der Waals surface area contributed by atoms with Crippen LogP contribution in [0.3, 0.4) is 0 Å². The Morgan fingerprint density at radius 2 is 1.90 bits per heavy atom. The summed E-state index contributed by atoms with van der Waals surface area (Å²) in [7, 11) is 0. The van der Waals surface area contributed by atoms with E-state index in [0.29, 0.717) is 32.2 Å². The Bertz CT molecular complexity index is 634. The van der Waals surface area contributed by atoms with Crippen LogP contribution in [-0.4, -0.2) is 64.5 Å². The van der Waals surface area contributed by atoms with Gasteiger partial charge in [0.25, 0.3) is 0 Å². The van der Waals surface area contributed by atoms with E-state index in [0.717, 1.165) is 57.2 Å². The number of hydrogen-bond acceptors (Lipinski definition) is 4. The number of ether oxygens (including phenoxy) is 2. The molecule has 7 nitrogen and oxygen atoms in total. The number of halogens is 1. The van der Waals surface area contributed by atoms with Gasteiger partial charge in [-0.3, -0.25) is 9.79 Å². The van der Waals surface area contributed by atoms with Crippen molar-refractivity contribution in [3.63, 3.8) is 0 Å². The third kappa shape index (κ3) is 10.5. The second-order valence-corrected chi connectivity index (χ2v) is 7.32. The number of guanidine groups is 1. The normalized spacial score (nSPS) is 15.1. The first-order valence-electron chi connectivity index (χ1n) is 10.9. The molecule has 30 heavy (non-hydrogen) atoms. The molecule has 1 fully saturated rings. The molecule has 0 aliphatic carbocycles. The van der Waals surface area contributed by atoms with Crippen molar-refractivity contribution in [1.82, 2.24) is 16.0 Å². The lowest BCUT2D eigenvalue weighted by molar-refractivity contribution is -0.120. The summed E-state index contributed by atoms with van der Waals surface area (Å²) in [5.74, 6) is 0.964. The van der Waals surface area contributed by atoms with E-state index >= 15 is 0 Å². The summed E-state index contributed by atoms with van der Waals surface area (Å²) in [5.41, 5.74) is 0.788. The molecule has 1 aromatic carbocycles. The molecule has 1 aliphatic heterocycles. The first-order chi connectivity index (χ1) is 14.7. The van der Waals surface area contributed by atoms with E-state index in [1.54, 1.807) is 12.1 Å². The molecule has 1 aliphatic rings. The first-order valence-corrected chi connectivity index (χ1v) is 10.9. The van der Waals surface area contributed by atoms with Gasteiger partial charge < -0.3 is 25.4 Å². The van der Waals surface area contributed by atoms with Crippen LogP contribution in [0.5, 0.6) is 0 Å². The molecule has 3 N–H and O–H groups in total. The number of rotatable bonds is 12. The minimum atomic E-state index is -0.301. The van der Waals surface area contributed by atoms with Crippen molar-refractivity contribution in [3.05, 3.63) is 35.6 Å². The molecular weight excluding hydrogens is 387 g/mol. The summed E-state index contributed by atoms with van der Waals surface area (Å²) < 4.78 is 24.0. The van der Waals surface area contributed by atoms with E-state index in [2.05, 4.69) is 20.9 Å². The van der Waals surface area contributed by atoms with Crippen molar-refractivity contribution >= 4 is 11.9 Å². The Kier molecular flexibility index (Phi) is 11.8. The number of benzene rings is 1. The van der Waals surface area contributed by atoms with Crippen LogP contribution in [0.1, 0.15) is 31.7 Å². The van der Waals surface area contributed by atoms with Crippen LogP contribution in [0.15, 0.2) is 29.3 Å². The number of hydrogen-bond donors (Lipinski definition) is 3. The van der Waals surface area contributed by atoms with Gasteiger partial charge in [0.05, 0.1) is 6.42 Å². The first kappa shape index (κ1) is 24.1. The largest absolute Gasteiger partial charge is 0.381 e. The molecule has 1 amide bonds. The summed E-state index contributed by atoms with van der Waals surface area (Å²) in [5, 5.41) is 9.26. The summed E-state index contributed by atoms with van der Waals surface area (Å²) in [6, 6.07) is 5.96. The fourth-order valence-corrected chi connectivity index (χ4v) is 3.10. The Morgan fingerprint density at radius 3 is 2.63 bits per heavy atom. The molecule has 0 atom stereocenters. The summed E-state index contributed by atoms with van der Waals surface area (Å²) in [4.78, 5) is 16.5. The van der Waals surface area contributed by atoms with E-state index in [-0.39, 0.29) is 18.1 Å². The van der Waals surface area contributed by atoms with Crippen LogP contribution in [0.25, 0.3) is 0 Å². The highest BCUT2D eigenvalue weighted by molar-refractivity contribution is 5.80. The fraction of sp³-hybridized carbons (Fsp3) is 0.636. The second-order valence-electron chi connectivity index (χ2n) is 7.32. The number of carbonyl (C=O) groups excluding carboxylic acids is 1. The maximum atomic E-state index is 12.9. The molecule has 0 spiro atoms. The molecule has 8 heteroatoms. The van der Waals surface area contributed by atoms with E-state index in [4.69, 9.17) is 9.47 Å². The number of carbonyl (C=O) groups is 1. The minimum absolute atomic E-state index is 0.0907. The standard InChI is InChI=1S/C22H35FN4O3/c1-2-24-22(26-10-3-13-30-17-19-8-14-29-15-9-19)27-12-11-25-21(28)16-18-4-6-20(23)7-5-18/h4-7,19H,2-3,8-17H2,1H3,(H,25,28)(H2,24,26,27). The third-order valence-corrected chi connectivity index (χ3v) is 4.77. The van der Waals surface area contributed by atoms with Gasteiger partial charge in [-0.2, -0.15) is 0 Å². The van der Waals surface area contributed by atoms with Gasteiger partial charge in [0.15, 0.2) is 5.96 Å². The molecule has 0 aromatic heterocycles. The lowest BCUT2D eigenvalue weighted by Gasteiger charge is -2.21. The van der Waals surface area contributed by atoms with Gasteiger partial charge in [0.2, 0.25) is 5.91 Å². The van der Waals surface area contributed by atoms with Gasteiger partial charge in [-0.1, -0.05) is 12.1 Å². The zero-order valence-corrected chi connectivity index (χ0v) is 17.9. The molecule has 0 bridgehead atoms. The van der Waals surface area contributed by atoms with Gasteiger partial charge in [0, 0.05) is 52.6 Å². The van der Waals surface area contributed by atoms with Gasteiger partial charge in [-0.15, -0.1) is 0 Å². The Labute approximate surface area is 178 Å². The fourth-order valence-electron chi connectivity index (χ4n) is 3.10. The van der Waals surface area contributed by atoms with Crippen LogP contribution >= 0.6 is 0 Å². The molecule has 0 radical (unpaired) electrons. The summed E-state index contributed by atoms with van der Waals surface area (Å²) >= 11 is 0. The summed E-state index contributed by atoms with van der Waals surface area (Å²) in [6.45, 7) is 7.73. The zero-order valence-electron chi connectivity index (χ0n) is 17.9. The zero-order chi connectivity index (χ0) is 21.4. The molecule has 1 saturated heterocycles. The average Bonchev–Trinajstić information content (AvgIpc) is 2.76. The van der Waals surface area contributed by atoms with Crippen LogP contribution in [0.2, 0.25) is 0 Å². The van der Waals surface area contributed by atoms with Crippen molar-refractivity contribution < 1.29 is 18.7 Å². The van der Waals surface area contributed by atoms with E-state index in [1.165, 1.54) is 12.1 Å². The summed E-state index contributed by atoms with van der Waals surface area (Å²) in [6.07, 6.45) is 3.29. The van der Waals surface area contributed by atoms with Crippen molar-refractivity contribution in [2.75, 3.05) is 52.6 Å². The Morgan fingerprint density at radius 1 is 1.17 bits per heavy atom. The number of nitrogens with one attached hydrogen (secondary N) is 3. The highest BCUT2D eigenvalue weighted by Gasteiger charge is 2.13. The van der Waals surface area contributed by atoms with Gasteiger partial charge in [-0.25, -0.2) is 4.39 Å². The quantitative estimate of drug-likeness (QED) is 0.272. The molecule has 168 valence electrons. The lowest BCUT2D eigenvalue weighted by Crippen LogP contribution is -2.41. The topological polar surface area (TPSA) is 84.0 Å². The van der Waals surface area contributed by atoms with E-state index in [1.807, 2.05) is 6.92 Å². The van der Waals surface area contributed by atoms with Crippen molar-refractivity contribution in [3.8, 4) is 0 Å². The van der Waals surface area contributed by atoms with Crippen molar-refractivity contribution in [1.29, 1.82) is 0 Å². The van der Waals surface area contributed by atoms with Crippen molar-refractivity contribution in [2.45, 2.75) is 32.6 Å². The average molecular weight is 423 g/mol. The smallest absolute Gasteiger partial charge is 0.224 e. The molecular formula is C22H35FN4O3. The van der Waals surface area contributed by atoms with E-state index < -0.39 is 0 Å². The maximum absolute atomic E-state index is 12.9. The number of nitrogens with zero attached hydrogens (tertiary/aromatic N) is 1. The van der Waals surface area contributed by atoms with Crippen LogP contribution < -0.4 is 16.0 Å².